The summed E-state index contributed by atoms with van der Waals surface area (Å²) in [5.41, 5.74) is 5.79. The third-order valence-corrected chi connectivity index (χ3v) is 6.65. The van der Waals surface area contributed by atoms with Crippen LogP contribution < -0.4 is 35.3 Å². The van der Waals surface area contributed by atoms with Gasteiger partial charge in [-0.1, -0.05) is 84.5 Å². The Morgan fingerprint density at radius 3 is 2.39 bits per heavy atom. The molecule has 5 heteroatoms. The van der Waals surface area contributed by atoms with Gasteiger partial charge < -0.3 is 24.8 Å². The SMILES string of the molecule is CC1=Cc2ccc3ccccc3c2C1.CC1C=c2ccc3c(c2S1)C=CC=3.C[Si+2]C.[Cl-].[Cl-].[Hf+4]. The zero-order chi connectivity index (χ0) is 21.1. The summed E-state index contributed by atoms with van der Waals surface area (Å²) in [6, 6.07) is 17.5. The van der Waals surface area contributed by atoms with Crippen molar-refractivity contribution in [3.8, 4) is 0 Å². The molecule has 164 valence electrons. The molecule has 0 bridgehead atoms. The van der Waals surface area contributed by atoms with Crippen LogP contribution in [0, 0.1) is 0 Å². The Morgan fingerprint density at radius 1 is 0.939 bits per heavy atom. The molecule has 3 aliphatic rings. The maximum absolute atomic E-state index is 2.34. The minimum atomic E-state index is 0. The fourth-order valence-electron chi connectivity index (χ4n) is 4.21. The Balaban J connectivity index is 0.000000274. The average molecular weight is 674 g/mol. The Labute approximate surface area is 236 Å². The van der Waals surface area contributed by atoms with E-state index in [1.807, 2.05) is 11.8 Å². The number of benzene rings is 3. The van der Waals surface area contributed by atoms with Crippen molar-refractivity contribution in [2.24, 2.45) is 0 Å². The van der Waals surface area contributed by atoms with E-state index in [0.717, 1.165) is 15.9 Å². The van der Waals surface area contributed by atoms with Crippen molar-refractivity contribution in [2.75, 3.05) is 0 Å². The van der Waals surface area contributed by atoms with Crippen LogP contribution in [0.25, 0.3) is 35.1 Å². The summed E-state index contributed by atoms with van der Waals surface area (Å²) in [6.45, 7) is 8.76. The van der Waals surface area contributed by atoms with E-state index in [9.17, 15) is 0 Å². The van der Waals surface area contributed by atoms with Crippen molar-refractivity contribution in [1.29, 1.82) is 0 Å². The quantitative estimate of drug-likeness (QED) is 0.311. The predicted octanol–water partition coefficient (Wildman–Crippen LogP) is 0.360. The van der Waals surface area contributed by atoms with E-state index in [2.05, 4.69) is 106 Å². The van der Waals surface area contributed by atoms with E-state index in [0.29, 0.717) is 5.25 Å². The van der Waals surface area contributed by atoms with E-state index < -0.39 is 0 Å². The summed E-state index contributed by atoms with van der Waals surface area (Å²) in [4.78, 5) is 1.47. The van der Waals surface area contributed by atoms with Gasteiger partial charge in [-0.05, 0) is 58.2 Å². The largest absolute Gasteiger partial charge is 4.00 e. The van der Waals surface area contributed by atoms with Crippen LogP contribution in [-0.4, -0.2) is 14.8 Å². The molecule has 0 spiro atoms. The summed E-state index contributed by atoms with van der Waals surface area (Å²) < 4.78 is 0. The number of halogens is 2. The summed E-state index contributed by atoms with van der Waals surface area (Å²) in [7, 11) is 1.08. The molecule has 0 saturated heterocycles. The molecule has 0 N–H and O–H groups in total. The maximum Gasteiger partial charge on any atom is 4.00 e. The number of fused-ring (bicyclic) bond motifs is 6. The fourth-order valence-corrected chi connectivity index (χ4v) is 5.38. The van der Waals surface area contributed by atoms with Crippen molar-refractivity contribution in [1.82, 2.24) is 0 Å². The van der Waals surface area contributed by atoms with Crippen molar-refractivity contribution in [3.05, 3.63) is 87.3 Å². The van der Waals surface area contributed by atoms with Gasteiger partial charge in [0, 0.05) is 10.1 Å². The molecule has 3 aromatic rings. The first-order valence-electron chi connectivity index (χ1n) is 10.6. The molecule has 1 unspecified atom stereocenters. The van der Waals surface area contributed by atoms with Crippen LogP contribution in [0.15, 0.2) is 65.1 Å². The number of allylic oxidation sites excluding steroid dienone is 2. The first-order chi connectivity index (χ1) is 14.6. The van der Waals surface area contributed by atoms with Gasteiger partial charge in [0.25, 0.3) is 0 Å². The molecule has 1 heterocycles. The third kappa shape index (κ3) is 6.86. The van der Waals surface area contributed by atoms with Crippen LogP contribution in [0.5, 0.6) is 0 Å². The molecule has 3 aromatic carbocycles. The van der Waals surface area contributed by atoms with Crippen LogP contribution >= 0.6 is 11.8 Å². The van der Waals surface area contributed by atoms with Crippen LogP contribution in [0.2, 0.25) is 13.1 Å². The van der Waals surface area contributed by atoms with Gasteiger partial charge in [0.2, 0.25) is 13.1 Å². The molecule has 6 rings (SSSR count). The molecule has 33 heavy (non-hydrogen) atoms. The summed E-state index contributed by atoms with van der Waals surface area (Å²) in [5, 5.41) is 6.19. The molecule has 0 saturated carbocycles. The Morgan fingerprint density at radius 2 is 1.64 bits per heavy atom. The fraction of sp³-hybridized carbons (Fsp3) is 0.214. The molecule has 0 fully saturated rings. The second-order valence-corrected chi connectivity index (χ2v) is 10.4. The zero-order valence-electron chi connectivity index (χ0n) is 19.5. The van der Waals surface area contributed by atoms with E-state index in [1.165, 1.54) is 48.4 Å². The van der Waals surface area contributed by atoms with E-state index in [1.54, 1.807) is 0 Å². The number of hydrogen-bond donors (Lipinski definition) is 0. The average Bonchev–Trinajstić information content (AvgIpc) is 3.45. The standard InChI is InChI=1S/C14H12.C12H10S.C2H6Si.2ClH.Hf/c1-10-8-12-7-6-11-4-2-3-5-13(11)14(12)9-10;1-8-7-10-6-5-9-3-2-4-11(9)12(10)13-8;1-3-2;;;/h2-8H,9H2,1H3;2-8H,1H3;1-2H3;2*1H;/q;;+2;;;+4/p-2. The van der Waals surface area contributed by atoms with Crippen LogP contribution in [-0.2, 0) is 32.3 Å². The zero-order valence-corrected chi connectivity index (χ0v) is 26.4. The minimum absolute atomic E-state index is 0. The Bertz CT molecular complexity index is 1280. The minimum Gasteiger partial charge on any atom is -1.00 e. The summed E-state index contributed by atoms with van der Waals surface area (Å²) in [6.07, 6.45) is 12.3. The van der Waals surface area contributed by atoms with Crippen LogP contribution in [0.4, 0.5) is 0 Å². The molecule has 2 aliphatic carbocycles. The monoisotopic (exact) mass is 674 g/mol. The van der Waals surface area contributed by atoms with Gasteiger partial charge in [-0.2, -0.15) is 0 Å². The van der Waals surface area contributed by atoms with Gasteiger partial charge in [0.15, 0.2) is 0 Å². The second kappa shape index (κ2) is 13.9. The topological polar surface area (TPSA) is 0 Å². The molecule has 0 aromatic heterocycles. The number of hydrogen-bond acceptors (Lipinski definition) is 1. The smallest absolute Gasteiger partial charge is 1.00 e. The third-order valence-electron chi connectivity index (χ3n) is 5.45. The molecular formula is C28H28Cl2HfSSi+4. The summed E-state index contributed by atoms with van der Waals surface area (Å²) in [5.74, 6) is 0. The molecule has 1 atom stereocenters. The molecule has 1 aliphatic heterocycles. The van der Waals surface area contributed by atoms with Crippen LogP contribution in [0.1, 0.15) is 30.5 Å². The van der Waals surface area contributed by atoms with Crippen molar-refractivity contribution in [3.63, 3.8) is 0 Å². The predicted molar refractivity (Wildman–Crippen MR) is 138 cm³/mol. The Kier molecular flexibility index (Phi) is 12.7. The van der Waals surface area contributed by atoms with E-state index in [-0.39, 0.29) is 50.7 Å². The second-order valence-electron chi connectivity index (χ2n) is 8.02. The first kappa shape index (κ1) is 30.2. The van der Waals surface area contributed by atoms with Gasteiger partial charge >= 0.3 is 35.4 Å². The number of rotatable bonds is 0. The van der Waals surface area contributed by atoms with Crippen molar-refractivity contribution in [2.45, 2.75) is 43.5 Å². The van der Waals surface area contributed by atoms with Crippen molar-refractivity contribution < 1.29 is 50.7 Å². The van der Waals surface area contributed by atoms with Crippen molar-refractivity contribution >= 4 is 56.4 Å². The molecular weight excluding hydrogens is 646 g/mol. The molecule has 0 radical (unpaired) electrons. The molecule has 0 nitrogen and oxygen atoms in total. The van der Waals surface area contributed by atoms with E-state index in [4.69, 9.17) is 0 Å². The first-order valence-corrected chi connectivity index (χ1v) is 13.4. The molecule has 0 amide bonds. The van der Waals surface area contributed by atoms with Crippen LogP contribution in [0.3, 0.4) is 0 Å². The van der Waals surface area contributed by atoms with Gasteiger partial charge in [0.1, 0.15) is 0 Å². The van der Waals surface area contributed by atoms with Gasteiger partial charge in [-0.25, -0.2) is 0 Å². The number of thioether (sulfide) groups is 1. The van der Waals surface area contributed by atoms with E-state index >= 15 is 0 Å². The summed E-state index contributed by atoms with van der Waals surface area (Å²) >= 11 is 1.97. The normalized spacial score (nSPS) is 15.0. The van der Waals surface area contributed by atoms with Gasteiger partial charge in [0.05, 0.1) is 0 Å². The maximum atomic E-state index is 2.34. The van der Waals surface area contributed by atoms with Gasteiger partial charge in [-0.15, -0.1) is 11.8 Å². The van der Waals surface area contributed by atoms with Gasteiger partial charge in [-0.3, -0.25) is 0 Å². The Hall–Kier alpha value is -0.843.